The lowest BCUT2D eigenvalue weighted by Crippen LogP contribution is -2.38. The number of amides is 1. The van der Waals surface area contributed by atoms with E-state index in [4.69, 9.17) is 4.52 Å². The van der Waals surface area contributed by atoms with Crippen molar-refractivity contribution in [2.75, 3.05) is 44.0 Å². The van der Waals surface area contributed by atoms with E-state index < -0.39 is 0 Å². The average Bonchev–Trinajstić information content (AvgIpc) is 3.38. The van der Waals surface area contributed by atoms with Crippen molar-refractivity contribution >= 4 is 38.5 Å². The Morgan fingerprint density at radius 3 is 2.85 bits per heavy atom. The first-order valence-corrected chi connectivity index (χ1v) is 9.71. The Balaban J connectivity index is 1.47. The molecule has 27 heavy (non-hydrogen) atoms. The van der Waals surface area contributed by atoms with Gasteiger partial charge in [0.1, 0.15) is 0 Å². The van der Waals surface area contributed by atoms with Gasteiger partial charge in [-0.2, -0.15) is 4.98 Å². The van der Waals surface area contributed by atoms with Crippen LogP contribution in [0.2, 0.25) is 0 Å². The summed E-state index contributed by atoms with van der Waals surface area (Å²) in [5, 5.41) is 4.70. The topological polar surface area (TPSA) is 78.6 Å². The highest BCUT2D eigenvalue weighted by Crippen LogP contribution is 2.32. The molecule has 3 heterocycles. The molecule has 0 aliphatic carbocycles. The molecule has 8 nitrogen and oxygen atoms in total. The van der Waals surface area contributed by atoms with Crippen molar-refractivity contribution in [1.29, 1.82) is 0 Å². The van der Waals surface area contributed by atoms with Crippen molar-refractivity contribution in [1.82, 2.24) is 20.0 Å². The van der Waals surface area contributed by atoms with Crippen LogP contribution in [0.15, 0.2) is 28.8 Å². The second kappa shape index (κ2) is 7.24. The number of fused-ring (bicyclic) bond motifs is 1. The molecule has 1 atom stereocenters. The normalized spacial score (nSPS) is 17.5. The van der Waals surface area contributed by atoms with Crippen molar-refractivity contribution in [3.05, 3.63) is 30.2 Å². The highest BCUT2D eigenvalue weighted by atomic mass is 32.1. The fourth-order valence-electron chi connectivity index (χ4n) is 3.23. The Morgan fingerprint density at radius 2 is 2.11 bits per heavy atom. The third-order valence-electron chi connectivity index (χ3n) is 4.76. The number of hydrogen-bond donors (Lipinski definition) is 0. The molecule has 1 aliphatic rings. The summed E-state index contributed by atoms with van der Waals surface area (Å²) in [6.45, 7) is 1.14. The second-order valence-corrected chi connectivity index (χ2v) is 7.88. The first-order chi connectivity index (χ1) is 13.0. The van der Waals surface area contributed by atoms with Gasteiger partial charge in [0.15, 0.2) is 5.13 Å². The van der Waals surface area contributed by atoms with E-state index in [9.17, 15) is 4.79 Å². The van der Waals surface area contributed by atoms with Crippen LogP contribution in [0.5, 0.6) is 0 Å². The van der Waals surface area contributed by atoms with Crippen LogP contribution < -0.4 is 9.80 Å². The molecule has 1 aromatic carbocycles. The summed E-state index contributed by atoms with van der Waals surface area (Å²) in [7, 11) is 5.52. The van der Waals surface area contributed by atoms with E-state index in [1.807, 2.05) is 38.4 Å². The number of benzene rings is 1. The summed E-state index contributed by atoms with van der Waals surface area (Å²) in [4.78, 5) is 27.4. The van der Waals surface area contributed by atoms with Crippen molar-refractivity contribution in [3.63, 3.8) is 0 Å². The van der Waals surface area contributed by atoms with Gasteiger partial charge in [-0.1, -0.05) is 23.5 Å². The number of thiazole rings is 1. The predicted molar refractivity (Wildman–Crippen MR) is 105 cm³/mol. The lowest BCUT2D eigenvalue weighted by molar-refractivity contribution is -0.119. The van der Waals surface area contributed by atoms with E-state index in [1.165, 1.54) is 11.3 Å². The molecule has 1 aliphatic heterocycles. The number of nitrogens with zero attached hydrogens (tertiary/aromatic N) is 6. The molecule has 1 fully saturated rings. The molecule has 142 valence electrons. The molecule has 1 unspecified atom stereocenters. The fourth-order valence-corrected chi connectivity index (χ4v) is 4.17. The summed E-state index contributed by atoms with van der Waals surface area (Å²) >= 11 is 1.52. The quantitative estimate of drug-likeness (QED) is 0.667. The Morgan fingerprint density at radius 1 is 1.30 bits per heavy atom. The van der Waals surface area contributed by atoms with Gasteiger partial charge in [0.25, 0.3) is 5.95 Å². The Bertz CT molecular complexity index is 919. The molecular weight excluding hydrogens is 364 g/mol. The maximum absolute atomic E-state index is 12.8. The number of hydrogen-bond acceptors (Lipinski definition) is 8. The number of carbonyl (C=O) groups is 1. The number of likely N-dealkylation sites (tertiary alicyclic amines) is 1. The number of likely N-dealkylation sites (N-methyl/N-ethyl adjacent to an activating group) is 1. The zero-order valence-corrected chi connectivity index (χ0v) is 16.4. The molecule has 0 spiro atoms. The Kier molecular flexibility index (Phi) is 4.79. The number of rotatable bonds is 5. The van der Waals surface area contributed by atoms with Crippen LogP contribution in [0, 0.1) is 0 Å². The zero-order valence-electron chi connectivity index (χ0n) is 15.6. The minimum atomic E-state index is -0.0149. The third-order valence-corrected chi connectivity index (χ3v) is 5.87. The van der Waals surface area contributed by atoms with Crippen LogP contribution >= 0.6 is 11.3 Å². The molecule has 1 amide bonds. The Hall–Kier alpha value is -2.52. The van der Waals surface area contributed by atoms with E-state index in [0.29, 0.717) is 23.5 Å². The highest BCUT2D eigenvalue weighted by molar-refractivity contribution is 7.22. The fraction of sp³-hybridized carbons (Fsp3) is 0.444. The van der Waals surface area contributed by atoms with Gasteiger partial charge in [-0.25, -0.2) is 4.98 Å². The summed E-state index contributed by atoms with van der Waals surface area (Å²) < 4.78 is 6.50. The maximum Gasteiger partial charge on any atom is 0.265 e. The summed E-state index contributed by atoms with van der Waals surface area (Å²) in [6.07, 6.45) is 1.91. The molecule has 1 saturated heterocycles. The molecule has 0 radical (unpaired) electrons. The largest absolute Gasteiger partial charge is 0.344 e. The number of carbonyl (C=O) groups excluding carboxylic acids is 1. The van der Waals surface area contributed by atoms with Gasteiger partial charge >= 0.3 is 0 Å². The summed E-state index contributed by atoms with van der Waals surface area (Å²) in [5.41, 5.74) is 0.915. The maximum atomic E-state index is 12.8. The first-order valence-electron chi connectivity index (χ1n) is 8.90. The highest BCUT2D eigenvalue weighted by Gasteiger charge is 2.33. The van der Waals surface area contributed by atoms with Gasteiger partial charge < -0.3 is 9.42 Å². The SMILES string of the molecule is CN(C)c1noc(C2CCCN2CC(=O)N(C)c2nc3ccccc3s2)n1. The van der Waals surface area contributed by atoms with Crippen molar-refractivity contribution in [2.45, 2.75) is 18.9 Å². The molecule has 9 heteroatoms. The van der Waals surface area contributed by atoms with Crippen LogP contribution in [0.3, 0.4) is 0 Å². The smallest absolute Gasteiger partial charge is 0.265 e. The number of para-hydroxylation sites is 1. The number of anilines is 2. The van der Waals surface area contributed by atoms with Crippen LogP contribution in [0.1, 0.15) is 24.8 Å². The Labute approximate surface area is 161 Å². The molecule has 2 aromatic heterocycles. The van der Waals surface area contributed by atoms with Crippen LogP contribution in [0.25, 0.3) is 10.2 Å². The van der Waals surface area contributed by atoms with E-state index in [1.54, 1.807) is 16.8 Å². The van der Waals surface area contributed by atoms with Crippen LogP contribution in [-0.4, -0.2) is 60.2 Å². The van der Waals surface area contributed by atoms with Crippen molar-refractivity contribution in [2.24, 2.45) is 0 Å². The summed E-state index contributed by atoms with van der Waals surface area (Å²) in [5.74, 6) is 1.13. The summed E-state index contributed by atoms with van der Waals surface area (Å²) in [6, 6.07) is 7.90. The average molecular weight is 386 g/mol. The standard InChI is InChI=1S/C18H22N6O2S/c1-22(2)17-20-16(26-21-17)13-8-6-10-24(13)11-15(25)23(3)18-19-12-7-4-5-9-14(12)27-18/h4-5,7,9,13H,6,8,10-11H2,1-3H3. The third kappa shape index (κ3) is 3.52. The van der Waals surface area contributed by atoms with Gasteiger partial charge in [0.2, 0.25) is 11.8 Å². The van der Waals surface area contributed by atoms with E-state index >= 15 is 0 Å². The minimum Gasteiger partial charge on any atom is -0.344 e. The van der Waals surface area contributed by atoms with Crippen molar-refractivity contribution < 1.29 is 9.32 Å². The molecular formula is C18H22N6O2S. The van der Waals surface area contributed by atoms with Gasteiger partial charge in [-0.05, 0) is 36.7 Å². The van der Waals surface area contributed by atoms with Crippen LogP contribution in [0.4, 0.5) is 11.1 Å². The van der Waals surface area contributed by atoms with Crippen molar-refractivity contribution in [3.8, 4) is 0 Å². The number of aromatic nitrogens is 3. The van der Waals surface area contributed by atoms with Gasteiger partial charge in [-0.15, -0.1) is 0 Å². The van der Waals surface area contributed by atoms with Gasteiger partial charge in [0.05, 0.1) is 22.8 Å². The predicted octanol–water partition coefficient (Wildman–Crippen LogP) is 2.55. The molecule has 4 rings (SSSR count). The minimum absolute atomic E-state index is 0.00769. The first kappa shape index (κ1) is 17.9. The van der Waals surface area contributed by atoms with Crippen LogP contribution in [-0.2, 0) is 4.79 Å². The molecule has 0 saturated carbocycles. The second-order valence-electron chi connectivity index (χ2n) is 6.87. The zero-order chi connectivity index (χ0) is 19.0. The molecule has 0 bridgehead atoms. The molecule has 0 N–H and O–H groups in total. The van der Waals surface area contributed by atoms with E-state index in [-0.39, 0.29) is 11.9 Å². The molecule has 3 aromatic rings. The lowest BCUT2D eigenvalue weighted by atomic mass is 10.2. The van der Waals surface area contributed by atoms with E-state index in [0.717, 1.165) is 29.6 Å². The van der Waals surface area contributed by atoms with Gasteiger partial charge in [-0.3, -0.25) is 14.6 Å². The lowest BCUT2D eigenvalue weighted by Gasteiger charge is -2.23. The monoisotopic (exact) mass is 386 g/mol. The van der Waals surface area contributed by atoms with Gasteiger partial charge in [0, 0.05) is 21.1 Å². The van der Waals surface area contributed by atoms with E-state index in [2.05, 4.69) is 20.0 Å².